The molecule has 0 saturated heterocycles. The zero-order valence-corrected chi connectivity index (χ0v) is 12.0. The van der Waals surface area contributed by atoms with Crippen LogP contribution in [-0.4, -0.2) is 5.78 Å². The van der Waals surface area contributed by atoms with Crippen molar-refractivity contribution in [2.75, 3.05) is 0 Å². The van der Waals surface area contributed by atoms with Crippen molar-refractivity contribution in [2.24, 2.45) is 5.41 Å². The van der Waals surface area contributed by atoms with Crippen LogP contribution in [0.5, 0.6) is 0 Å². The second-order valence-corrected chi connectivity index (χ2v) is 6.52. The van der Waals surface area contributed by atoms with Gasteiger partial charge in [-0.3, -0.25) is 4.79 Å². The normalized spacial score (nSPS) is 11.1. The van der Waals surface area contributed by atoms with Gasteiger partial charge >= 0.3 is 0 Å². The molecule has 1 aromatic heterocycles. The largest absolute Gasteiger partial charge is 0.293 e. The lowest BCUT2D eigenvalue weighted by Crippen LogP contribution is -2.18. The molecule has 0 bridgehead atoms. The molecule has 0 amide bonds. The summed E-state index contributed by atoms with van der Waals surface area (Å²) < 4.78 is 0. The van der Waals surface area contributed by atoms with Gasteiger partial charge in [-0.25, -0.2) is 0 Å². The zero-order chi connectivity index (χ0) is 14.0. The topological polar surface area (TPSA) is 40.9 Å². The molecule has 19 heavy (non-hydrogen) atoms. The Morgan fingerprint density at radius 1 is 1.11 bits per heavy atom. The molecule has 0 N–H and O–H groups in total. The van der Waals surface area contributed by atoms with Gasteiger partial charge in [0, 0.05) is 10.3 Å². The van der Waals surface area contributed by atoms with Gasteiger partial charge in [0.25, 0.3) is 0 Å². The Kier molecular flexibility index (Phi) is 3.55. The number of rotatable bonds is 2. The predicted octanol–water partition coefficient (Wildman–Crippen LogP) is 4.52. The van der Waals surface area contributed by atoms with E-state index in [1.54, 1.807) is 12.1 Å². The minimum Gasteiger partial charge on any atom is -0.293 e. The Labute approximate surface area is 117 Å². The van der Waals surface area contributed by atoms with Gasteiger partial charge in [0.2, 0.25) is 0 Å². The molecule has 2 nitrogen and oxygen atoms in total. The van der Waals surface area contributed by atoms with E-state index in [1.165, 1.54) is 11.3 Å². The predicted molar refractivity (Wildman–Crippen MR) is 78.3 cm³/mol. The quantitative estimate of drug-likeness (QED) is 0.752. The van der Waals surface area contributed by atoms with Crippen molar-refractivity contribution in [1.29, 1.82) is 5.26 Å². The van der Waals surface area contributed by atoms with E-state index in [4.69, 9.17) is 5.26 Å². The first-order valence-electron chi connectivity index (χ1n) is 6.07. The Hall–Kier alpha value is -1.92. The van der Waals surface area contributed by atoms with Crippen LogP contribution in [0.3, 0.4) is 0 Å². The van der Waals surface area contributed by atoms with Crippen LogP contribution in [0.2, 0.25) is 0 Å². The van der Waals surface area contributed by atoms with E-state index in [2.05, 4.69) is 6.07 Å². The fraction of sp³-hybridized carbons (Fsp3) is 0.250. The number of ketones is 1. The lowest BCUT2D eigenvalue weighted by atomic mass is 9.90. The van der Waals surface area contributed by atoms with E-state index in [0.29, 0.717) is 5.56 Å². The third kappa shape index (κ3) is 2.91. The zero-order valence-electron chi connectivity index (χ0n) is 11.2. The van der Waals surface area contributed by atoms with Crippen LogP contribution in [0.25, 0.3) is 10.4 Å². The summed E-state index contributed by atoms with van der Waals surface area (Å²) in [6.07, 6.45) is 0. The van der Waals surface area contributed by atoms with Crippen molar-refractivity contribution in [1.82, 2.24) is 0 Å². The Bertz CT molecular complexity index is 639. The molecule has 0 aliphatic rings. The van der Waals surface area contributed by atoms with Gasteiger partial charge in [-0.15, -0.1) is 11.3 Å². The van der Waals surface area contributed by atoms with E-state index in [0.717, 1.165) is 15.3 Å². The highest BCUT2D eigenvalue weighted by molar-refractivity contribution is 7.17. The number of nitriles is 1. The highest BCUT2D eigenvalue weighted by Gasteiger charge is 2.24. The molecule has 2 aromatic rings. The molecule has 0 atom stereocenters. The average molecular weight is 269 g/mol. The van der Waals surface area contributed by atoms with Crippen LogP contribution in [0.15, 0.2) is 36.4 Å². The summed E-state index contributed by atoms with van der Waals surface area (Å²) in [5.41, 5.74) is 1.33. The second kappa shape index (κ2) is 4.99. The van der Waals surface area contributed by atoms with E-state index >= 15 is 0 Å². The van der Waals surface area contributed by atoms with Crippen molar-refractivity contribution in [3.05, 3.63) is 46.8 Å². The third-order valence-electron chi connectivity index (χ3n) is 2.81. The van der Waals surface area contributed by atoms with E-state index in [1.807, 2.05) is 45.0 Å². The first kappa shape index (κ1) is 13.5. The molecule has 0 aliphatic carbocycles. The van der Waals surface area contributed by atoms with Gasteiger partial charge in [0.1, 0.15) is 0 Å². The molecule has 96 valence electrons. The van der Waals surface area contributed by atoms with Crippen LogP contribution in [0.4, 0.5) is 0 Å². The van der Waals surface area contributed by atoms with Gasteiger partial charge in [0.15, 0.2) is 5.78 Å². The highest BCUT2D eigenvalue weighted by atomic mass is 32.1. The molecular weight excluding hydrogens is 254 g/mol. The van der Waals surface area contributed by atoms with Crippen LogP contribution >= 0.6 is 11.3 Å². The lowest BCUT2D eigenvalue weighted by molar-refractivity contribution is 0.0863. The summed E-state index contributed by atoms with van der Waals surface area (Å²) in [6, 6.07) is 13.4. The molecule has 0 saturated carbocycles. The summed E-state index contributed by atoms with van der Waals surface area (Å²) in [6.45, 7) is 5.78. The molecule has 0 spiro atoms. The van der Waals surface area contributed by atoms with Gasteiger partial charge in [-0.1, -0.05) is 32.9 Å². The number of hydrogen-bond donors (Lipinski definition) is 0. The molecule has 3 heteroatoms. The van der Waals surface area contributed by atoms with E-state index in [-0.39, 0.29) is 11.2 Å². The minimum absolute atomic E-state index is 0.164. The van der Waals surface area contributed by atoms with Crippen LogP contribution < -0.4 is 0 Å². The van der Waals surface area contributed by atoms with Gasteiger partial charge in [-0.05, 0) is 29.8 Å². The Morgan fingerprint density at radius 3 is 2.26 bits per heavy atom. The highest BCUT2D eigenvalue weighted by Crippen LogP contribution is 2.32. The van der Waals surface area contributed by atoms with E-state index in [9.17, 15) is 4.79 Å². The van der Waals surface area contributed by atoms with Crippen LogP contribution in [0, 0.1) is 16.7 Å². The summed E-state index contributed by atoms with van der Waals surface area (Å²) in [5.74, 6) is 0.164. The number of carbonyl (C=O) groups excluding carboxylic acids is 1. The standard InChI is InChI=1S/C16H15NOS/c1-16(2,3)15(18)14-9-8-13(19-14)12-6-4-11(10-17)5-7-12/h4-9H,1-3H3. The van der Waals surface area contributed by atoms with Crippen LogP contribution in [0.1, 0.15) is 36.0 Å². The molecule has 0 unspecified atom stereocenters. The Balaban J connectivity index is 2.31. The molecule has 1 heterocycles. The maximum absolute atomic E-state index is 12.2. The third-order valence-corrected chi connectivity index (χ3v) is 3.94. The fourth-order valence-corrected chi connectivity index (χ4v) is 2.86. The second-order valence-electron chi connectivity index (χ2n) is 5.43. The molecule has 0 aliphatic heterocycles. The van der Waals surface area contributed by atoms with Crippen molar-refractivity contribution < 1.29 is 4.79 Å². The summed E-state index contributed by atoms with van der Waals surface area (Å²) >= 11 is 1.50. The van der Waals surface area contributed by atoms with Crippen molar-refractivity contribution >= 4 is 17.1 Å². The number of thiophene rings is 1. The number of carbonyl (C=O) groups is 1. The molecule has 0 fully saturated rings. The first-order valence-corrected chi connectivity index (χ1v) is 6.88. The van der Waals surface area contributed by atoms with Gasteiger partial charge in [-0.2, -0.15) is 5.26 Å². The molecular formula is C16H15NOS. The summed E-state index contributed by atoms with van der Waals surface area (Å²) in [5, 5.41) is 8.77. The van der Waals surface area contributed by atoms with Crippen LogP contribution in [-0.2, 0) is 0 Å². The molecule has 2 rings (SSSR count). The molecule has 1 aromatic carbocycles. The maximum Gasteiger partial charge on any atom is 0.178 e. The fourth-order valence-electron chi connectivity index (χ4n) is 1.69. The first-order chi connectivity index (χ1) is 8.91. The van der Waals surface area contributed by atoms with E-state index < -0.39 is 0 Å². The number of benzene rings is 1. The lowest BCUT2D eigenvalue weighted by Gasteiger charge is -2.14. The van der Waals surface area contributed by atoms with Gasteiger partial charge < -0.3 is 0 Å². The smallest absolute Gasteiger partial charge is 0.178 e. The van der Waals surface area contributed by atoms with Crippen molar-refractivity contribution in [2.45, 2.75) is 20.8 Å². The average Bonchev–Trinajstić information content (AvgIpc) is 2.86. The van der Waals surface area contributed by atoms with Crippen molar-refractivity contribution in [3.8, 4) is 16.5 Å². The SMILES string of the molecule is CC(C)(C)C(=O)c1ccc(-c2ccc(C#N)cc2)s1. The summed E-state index contributed by atoms with van der Waals surface area (Å²) in [7, 11) is 0. The maximum atomic E-state index is 12.2. The Morgan fingerprint density at radius 2 is 1.74 bits per heavy atom. The molecule has 0 radical (unpaired) electrons. The minimum atomic E-state index is -0.354. The monoisotopic (exact) mass is 269 g/mol. The number of hydrogen-bond acceptors (Lipinski definition) is 3. The number of Topliss-reactive ketones (excluding diaryl/α,β-unsaturated/α-hetero) is 1. The van der Waals surface area contributed by atoms with Gasteiger partial charge in [0.05, 0.1) is 16.5 Å². The van der Waals surface area contributed by atoms with Crippen molar-refractivity contribution in [3.63, 3.8) is 0 Å². The summed E-state index contributed by atoms with van der Waals surface area (Å²) in [4.78, 5) is 14.0. The number of nitrogens with zero attached hydrogens (tertiary/aromatic N) is 1.